The van der Waals surface area contributed by atoms with Crippen molar-refractivity contribution in [3.8, 4) is 5.75 Å². The van der Waals surface area contributed by atoms with Gasteiger partial charge in [-0.05, 0) is 93.2 Å². The fourth-order valence-electron chi connectivity index (χ4n) is 2.88. The van der Waals surface area contributed by atoms with Crippen LogP contribution in [-0.4, -0.2) is 11.9 Å². The molecule has 1 aliphatic rings. The van der Waals surface area contributed by atoms with Crippen LogP contribution in [0.15, 0.2) is 71.4 Å². The van der Waals surface area contributed by atoms with Gasteiger partial charge in [0.25, 0.3) is 0 Å². The summed E-state index contributed by atoms with van der Waals surface area (Å²) in [5.41, 5.74) is 2.23. The molecule has 156 valence electrons. The highest BCUT2D eigenvalue weighted by atomic mass is 127. The summed E-state index contributed by atoms with van der Waals surface area (Å²) in [7, 11) is 0. The van der Waals surface area contributed by atoms with Crippen molar-refractivity contribution in [3.05, 3.63) is 101 Å². The van der Waals surface area contributed by atoms with Crippen LogP contribution in [0.2, 0.25) is 5.02 Å². The quantitative estimate of drug-likeness (QED) is 0.176. The minimum Gasteiger partial charge on any atom is -0.487 e. The molecule has 0 radical (unpaired) electrons. The second-order valence-electron chi connectivity index (χ2n) is 6.54. The molecular weight excluding hydrogens is 647 g/mol. The second kappa shape index (κ2) is 9.66. The van der Waals surface area contributed by atoms with Crippen LogP contribution < -0.4 is 4.74 Å². The molecule has 1 heterocycles. The minimum atomic E-state index is -0.580. The van der Waals surface area contributed by atoms with Crippen LogP contribution in [0.25, 0.3) is 6.08 Å². The lowest BCUT2D eigenvalue weighted by atomic mass is 10.2. The van der Waals surface area contributed by atoms with E-state index in [9.17, 15) is 9.18 Å². The molecule has 3 aromatic rings. The maximum absolute atomic E-state index is 13.5. The van der Waals surface area contributed by atoms with Crippen molar-refractivity contribution in [2.45, 2.75) is 6.61 Å². The molecule has 0 saturated heterocycles. The average molecular weight is 660 g/mol. The van der Waals surface area contributed by atoms with E-state index in [-0.39, 0.29) is 11.6 Å². The number of halogens is 4. The van der Waals surface area contributed by atoms with E-state index in [1.165, 1.54) is 18.2 Å². The van der Waals surface area contributed by atoms with Gasteiger partial charge in [-0.2, -0.15) is 0 Å². The van der Waals surface area contributed by atoms with Crippen molar-refractivity contribution in [3.63, 3.8) is 0 Å². The fourth-order valence-corrected chi connectivity index (χ4v) is 5.20. The molecule has 4 rings (SSSR count). The largest absolute Gasteiger partial charge is 0.487 e. The Bertz CT molecular complexity index is 1220. The van der Waals surface area contributed by atoms with Gasteiger partial charge in [-0.25, -0.2) is 14.2 Å². The summed E-state index contributed by atoms with van der Waals surface area (Å²) >= 11 is 10.6. The zero-order valence-corrected chi connectivity index (χ0v) is 20.8. The van der Waals surface area contributed by atoms with Crippen molar-refractivity contribution in [1.82, 2.24) is 0 Å². The van der Waals surface area contributed by atoms with Crippen molar-refractivity contribution in [1.29, 1.82) is 0 Å². The smallest absolute Gasteiger partial charge is 0.363 e. The number of benzene rings is 3. The number of carbonyl (C=O) groups is 1. The van der Waals surface area contributed by atoms with Crippen LogP contribution in [0.1, 0.15) is 16.7 Å². The van der Waals surface area contributed by atoms with Gasteiger partial charge in [-0.3, -0.25) is 0 Å². The average Bonchev–Trinajstić information content (AvgIpc) is 3.09. The number of rotatable bonds is 5. The lowest BCUT2D eigenvalue weighted by Gasteiger charge is -2.12. The lowest BCUT2D eigenvalue weighted by molar-refractivity contribution is -0.129. The molecule has 8 heteroatoms. The highest BCUT2D eigenvalue weighted by Crippen LogP contribution is 2.31. The summed E-state index contributed by atoms with van der Waals surface area (Å²) in [5.74, 6) is -0.186. The van der Waals surface area contributed by atoms with Gasteiger partial charge in [-0.1, -0.05) is 35.9 Å². The van der Waals surface area contributed by atoms with Gasteiger partial charge in [0.2, 0.25) is 5.90 Å². The maximum atomic E-state index is 13.5. The Hall–Kier alpha value is -1.98. The van der Waals surface area contributed by atoms with E-state index in [2.05, 4.69) is 50.2 Å². The zero-order chi connectivity index (χ0) is 22.0. The molecule has 0 N–H and O–H groups in total. The van der Waals surface area contributed by atoms with Gasteiger partial charge in [-0.15, -0.1) is 0 Å². The van der Waals surface area contributed by atoms with Crippen molar-refractivity contribution in [2.24, 2.45) is 4.99 Å². The maximum Gasteiger partial charge on any atom is 0.363 e. The van der Waals surface area contributed by atoms with Crippen molar-refractivity contribution < 1.29 is 18.7 Å². The van der Waals surface area contributed by atoms with Gasteiger partial charge >= 0.3 is 5.97 Å². The van der Waals surface area contributed by atoms with Gasteiger partial charge in [0.15, 0.2) is 5.70 Å². The van der Waals surface area contributed by atoms with E-state index in [1.54, 1.807) is 12.1 Å². The number of nitrogens with zero attached hydrogens (tertiary/aromatic N) is 1. The van der Waals surface area contributed by atoms with Crippen molar-refractivity contribution >= 4 is 74.7 Å². The van der Waals surface area contributed by atoms with Crippen LogP contribution in [0.3, 0.4) is 0 Å². The topological polar surface area (TPSA) is 47.9 Å². The number of hydrogen-bond acceptors (Lipinski definition) is 4. The third-order valence-corrected chi connectivity index (χ3v) is 6.32. The SMILES string of the molecule is O=C1OC(c2cccc(F)c2)=N/C1=C\c1cc(I)c(OCc2ccccc2Cl)c(I)c1. The molecule has 0 aromatic heterocycles. The van der Waals surface area contributed by atoms with Crippen LogP contribution in [0, 0.1) is 13.0 Å². The molecule has 1 aliphatic heterocycles. The summed E-state index contributed by atoms with van der Waals surface area (Å²) in [4.78, 5) is 16.5. The number of esters is 1. The Kier molecular flexibility index (Phi) is 6.92. The molecule has 0 amide bonds. The van der Waals surface area contributed by atoms with E-state index < -0.39 is 11.8 Å². The first-order chi connectivity index (χ1) is 14.9. The molecule has 4 nitrogen and oxygen atoms in total. The molecule has 31 heavy (non-hydrogen) atoms. The number of aliphatic imine (C=N–C) groups is 1. The number of ether oxygens (including phenoxy) is 2. The zero-order valence-electron chi connectivity index (χ0n) is 15.7. The summed E-state index contributed by atoms with van der Waals surface area (Å²) in [6.45, 7) is 0.347. The minimum absolute atomic E-state index is 0.0832. The van der Waals surface area contributed by atoms with E-state index >= 15 is 0 Å². The van der Waals surface area contributed by atoms with Crippen molar-refractivity contribution in [2.75, 3.05) is 0 Å². The van der Waals surface area contributed by atoms with E-state index in [4.69, 9.17) is 21.1 Å². The highest BCUT2D eigenvalue weighted by molar-refractivity contribution is 14.1. The molecule has 3 aromatic carbocycles. The molecule has 0 unspecified atom stereocenters. The first-order valence-corrected chi connectivity index (χ1v) is 11.6. The Morgan fingerprint density at radius 1 is 1.06 bits per heavy atom. The monoisotopic (exact) mass is 659 g/mol. The summed E-state index contributed by atoms with van der Waals surface area (Å²) in [5, 5.41) is 0.653. The summed E-state index contributed by atoms with van der Waals surface area (Å²) in [6.07, 6.45) is 1.64. The number of carbonyl (C=O) groups excluding carboxylic acids is 1. The van der Waals surface area contributed by atoms with E-state index in [0.717, 1.165) is 24.0 Å². The standard InChI is InChI=1S/C23H13ClFI2NO3/c24-17-7-2-1-4-15(17)12-30-21-18(26)8-13(9-19(21)27)10-20-23(29)31-22(28-20)14-5-3-6-16(25)11-14/h1-11H,12H2/b20-10-. The molecular formula is C23H13ClFI2NO3. The summed E-state index contributed by atoms with van der Waals surface area (Å²) < 4.78 is 26.4. The van der Waals surface area contributed by atoms with Crippen LogP contribution >= 0.6 is 56.8 Å². The Morgan fingerprint density at radius 2 is 1.81 bits per heavy atom. The highest BCUT2D eigenvalue weighted by Gasteiger charge is 2.24. The van der Waals surface area contributed by atoms with Gasteiger partial charge < -0.3 is 9.47 Å². The van der Waals surface area contributed by atoms with E-state index in [1.807, 2.05) is 36.4 Å². The number of cyclic esters (lactones) is 1. The van der Waals surface area contributed by atoms with Gasteiger partial charge in [0.05, 0.1) is 7.14 Å². The first-order valence-electron chi connectivity index (χ1n) is 9.04. The normalized spacial score (nSPS) is 14.5. The first kappa shape index (κ1) is 22.2. The van der Waals surface area contributed by atoms with Crippen LogP contribution in [-0.2, 0) is 16.1 Å². The third kappa shape index (κ3) is 5.27. The Balaban J connectivity index is 1.57. The Labute approximate surface area is 210 Å². The van der Waals surface area contributed by atoms with Gasteiger partial charge in [0.1, 0.15) is 18.2 Å². The molecule has 0 spiro atoms. The van der Waals surface area contributed by atoms with Gasteiger partial charge in [0, 0.05) is 16.1 Å². The fraction of sp³-hybridized carbons (Fsp3) is 0.0435. The molecule has 0 saturated carbocycles. The predicted molar refractivity (Wildman–Crippen MR) is 135 cm³/mol. The second-order valence-corrected chi connectivity index (χ2v) is 9.27. The molecule has 0 bridgehead atoms. The van der Waals surface area contributed by atoms with Crippen LogP contribution in [0.4, 0.5) is 4.39 Å². The third-order valence-electron chi connectivity index (χ3n) is 4.35. The molecule has 0 aliphatic carbocycles. The predicted octanol–water partition coefficient (Wildman–Crippen LogP) is 6.61. The summed E-state index contributed by atoms with van der Waals surface area (Å²) in [6, 6.07) is 17.1. The lowest BCUT2D eigenvalue weighted by Crippen LogP contribution is -2.05. The molecule has 0 fully saturated rings. The number of hydrogen-bond donors (Lipinski definition) is 0. The Morgan fingerprint density at radius 3 is 2.52 bits per heavy atom. The molecule has 0 atom stereocenters. The van der Waals surface area contributed by atoms with E-state index in [0.29, 0.717) is 17.2 Å². The van der Waals surface area contributed by atoms with Crippen LogP contribution in [0.5, 0.6) is 5.75 Å².